The van der Waals surface area contributed by atoms with Gasteiger partial charge in [0.25, 0.3) is 0 Å². The second-order valence-corrected chi connectivity index (χ2v) is 5.67. The molecule has 18 heavy (non-hydrogen) atoms. The van der Waals surface area contributed by atoms with Crippen molar-refractivity contribution < 1.29 is 8.94 Å². The number of thioether (sulfide) groups is 2. The highest BCUT2D eigenvalue weighted by Crippen LogP contribution is 2.22. The van der Waals surface area contributed by atoms with Gasteiger partial charge in [0.1, 0.15) is 5.76 Å². The fourth-order valence-corrected chi connectivity index (χ4v) is 2.85. The largest absolute Gasteiger partial charge is 0.423 e. The van der Waals surface area contributed by atoms with E-state index in [0.29, 0.717) is 17.5 Å². The molecule has 2 aromatic heterocycles. The third-order valence-electron chi connectivity index (χ3n) is 2.43. The molecule has 0 N–H and O–H groups in total. The Morgan fingerprint density at radius 1 is 1.06 bits per heavy atom. The Morgan fingerprint density at radius 2 is 1.78 bits per heavy atom. The zero-order chi connectivity index (χ0) is 13.0. The molecule has 2 aromatic rings. The maximum atomic E-state index is 5.50. The van der Waals surface area contributed by atoms with Gasteiger partial charge in [-0.3, -0.25) is 0 Å². The lowest BCUT2D eigenvalue weighted by Crippen LogP contribution is -1.87. The van der Waals surface area contributed by atoms with Crippen molar-refractivity contribution in [1.29, 1.82) is 0 Å². The summed E-state index contributed by atoms with van der Waals surface area (Å²) in [7, 11) is 0. The number of nitrogens with zero attached hydrogens (tertiary/aromatic N) is 3. The molecule has 2 heterocycles. The van der Waals surface area contributed by atoms with Crippen LogP contribution in [0.25, 0.3) is 0 Å². The predicted molar refractivity (Wildman–Crippen MR) is 72.5 cm³/mol. The average molecular weight is 285 g/mol. The van der Waals surface area contributed by atoms with Crippen molar-refractivity contribution in [2.24, 2.45) is 0 Å². The van der Waals surface area contributed by atoms with Crippen molar-refractivity contribution in [1.82, 2.24) is 15.4 Å². The van der Waals surface area contributed by atoms with E-state index in [1.54, 1.807) is 23.5 Å². The van der Waals surface area contributed by atoms with Crippen LogP contribution in [0.15, 0.2) is 8.94 Å². The first-order valence-corrected chi connectivity index (χ1v) is 8.05. The highest BCUT2D eigenvalue weighted by molar-refractivity contribution is 7.98. The molecule has 0 saturated carbocycles. The Kier molecular flexibility index (Phi) is 4.71. The number of hydrogen-bond acceptors (Lipinski definition) is 7. The van der Waals surface area contributed by atoms with E-state index in [2.05, 4.69) is 15.4 Å². The summed E-state index contributed by atoms with van der Waals surface area (Å²) in [6, 6.07) is 0. The molecule has 98 valence electrons. The fraction of sp³-hybridized carbons (Fsp3) is 0.545. The maximum Gasteiger partial charge on any atom is 0.226 e. The lowest BCUT2D eigenvalue weighted by molar-refractivity contribution is 0.392. The standard InChI is InChI=1S/C11H15N3O2S2/c1-7-9(8(2)16-14-7)4-18-6-11-13-12-10(15-11)5-17-3/h4-6H2,1-3H3. The van der Waals surface area contributed by atoms with E-state index in [4.69, 9.17) is 8.94 Å². The third-order valence-corrected chi connectivity index (χ3v) is 3.91. The Bertz CT molecular complexity index is 491. The van der Waals surface area contributed by atoms with Gasteiger partial charge in [-0.2, -0.15) is 11.8 Å². The SMILES string of the molecule is CSCc1nnc(CSCc2c(C)noc2C)o1. The number of aromatic nitrogens is 3. The third kappa shape index (κ3) is 3.29. The topological polar surface area (TPSA) is 65.0 Å². The molecule has 0 fully saturated rings. The summed E-state index contributed by atoms with van der Waals surface area (Å²) in [5.74, 6) is 4.58. The molecule has 0 aliphatic carbocycles. The van der Waals surface area contributed by atoms with Gasteiger partial charge in [0.05, 0.1) is 17.2 Å². The monoisotopic (exact) mass is 285 g/mol. The van der Waals surface area contributed by atoms with E-state index >= 15 is 0 Å². The minimum atomic E-state index is 0.677. The summed E-state index contributed by atoms with van der Waals surface area (Å²) in [6.45, 7) is 3.88. The first-order chi connectivity index (χ1) is 8.70. The van der Waals surface area contributed by atoms with Crippen molar-refractivity contribution in [3.63, 3.8) is 0 Å². The molecule has 7 heteroatoms. The molecule has 0 unspecified atom stereocenters. The van der Waals surface area contributed by atoms with Gasteiger partial charge in [-0.15, -0.1) is 22.0 Å². The lowest BCUT2D eigenvalue weighted by atomic mass is 10.2. The zero-order valence-corrected chi connectivity index (χ0v) is 12.2. The van der Waals surface area contributed by atoms with Gasteiger partial charge >= 0.3 is 0 Å². The van der Waals surface area contributed by atoms with Crippen LogP contribution in [-0.2, 0) is 17.3 Å². The molecule has 5 nitrogen and oxygen atoms in total. The molecule has 0 atom stereocenters. The van der Waals surface area contributed by atoms with Crippen LogP contribution in [0.3, 0.4) is 0 Å². The lowest BCUT2D eigenvalue weighted by Gasteiger charge is -1.97. The summed E-state index contributed by atoms with van der Waals surface area (Å²) in [6.07, 6.45) is 2.01. The number of hydrogen-bond donors (Lipinski definition) is 0. The smallest absolute Gasteiger partial charge is 0.226 e. The molecule has 2 rings (SSSR count). The quantitative estimate of drug-likeness (QED) is 0.808. The summed E-state index contributed by atoms with van der Waals surface area (Å²) in [4.78, 5) is 0. The van der Waals surface area contributed by atoms with Crippen LogP contribution < -0.4 is 0 Å². The van der Waals surface area contributed by atoms with Gasteiger partial charge in [-0.05, 0) is 20.1 Å². The first kappa shape index (κ1) is 13.5. The van der Waals surface area contributed by atoms with Crippen molar-refractivity contribution in [3.8, 4) is 0 Å². The molecule has 0 aromatic carbocycles. The van der Waals surface area contributed by atoms with Crippen LogP contribution in [0.4, 0.5) is 0 Å². The molecule has 0 bridgehead atoms. The summed E-state index contributed by atoms with van der Waals surface area (Å²) < 4.78 is 10.6. The molecular weight excluding hydrogens is 270 g/mol. The van der Waals surface area contributed by atoms with E-state index < -0.39 is 0 Å². The van der Waals surface area contributed by atoms with Crippen LogP contribution >= 0.6 is 23.5 Å². The highest BCUT2D eigenvalue weighted by Gasteiger charge is 2.10. The number of aryl methyl sites for hydroxylation is 2. The van der Waals surface area contributed by atoms with E-state index in [1.807, 2.05) is 20.1 Å². The maximum absolute atomic E-state index is 5.50. The van der Waals surface area contributed by atoms with Crippen molar-refractivity contribution in [2.75, 3.05) is 6.26 Å². The second kappa shape index (κ2) is 6.29. The van der Waals surface area contributed by atoms with Crippen molar-refractivity contribution in [3.05, 3.63) is 28.8 Å². The average Bonchev–Trinajstić information content (AvgIpc) is 2.91. The minimum Gasteiger partial charge on any atom is -0.423 e. The number of rotatable bonds is 6. The molecule has 0 aliphatic heterocycles. The van der Waals surface area contributed by atoms with Gasteiger partial charge in [-0.1, -0.05) is 5.16 Å². The second-order valence-electron chi connectivity index (χ2n) is 3.82. The molecule has 0 amide bonds. The van der Waals surface area contributed by atoms with Gasteiger partial charge in [0.15, 0.2) is 0 Å². The molecule has 0 spiro atoms. The van der Waals surface area contributed by atoms with Gasteiger partial charge in [0.2, 0.25) is 11.8 Å². The normalized spacial score (nSPS) is 11.1. The fourth-order valence-electron chi connectivity index (χ4n) is 1.48. The molecule has 0 aliphatic rings. The van der Waals surface area contributed by atoms with E-state index in [-0.39, 0.29) is 0 Å². The van der Waals surface area contributed by atoms with Crippen LogP contribution in [0.2, 0.25) is 0 Å². The van der Waals surface area contributed by atoms with Crippen LogP contribution in [-0.4, -0.2) is 21.6 Å². The predicted octanol–water partition coefficient (Wildman–Crippen LogP) is 2.97. The first-order valence-electron chi connectivity index (χ1n) is 5.50. The molecule has 0 radical (unpaired) electrons. The minimum absolute atomic E-state index is 0.677. The van der Waals surface area contributed by atoms with Gasteiger partial charge in [-0.25, -0.2) is 0 Å². The van der Waals surface area contributed by atoms with Gasteiger partial charge < -0.3 is 8.94 Å². The van der Waals surface area contributed by atoms with E-state index in [9.17, 15) is 0 Å². The molecule has 0 saturated heterocycles. The zero-order valence-electron chi connectivity index (χ0n) is 10.6. The Hall–Kier alpha value is -0.950. The summed E-state index contributed by atoms with van der Waals surface area (Å²) in [5, 5.41) is 11.9. The van der Waals surface area contributed by atoms with Crippen LogP contribution in [0.1, 0.15) is 28.8 Å². The van der Waals surface area contributed by atoms with E-state index in [1.165, 1.54) is 0 Å². The van der Waals surface area contributed by atoms with Crippen molar-refractivity contribution >= 4 is 23.5 Å². The van der Waals surface area contributed by atoms with Crippen LogP contribution in [0, 0.1) is 13.8 Å². The molecular formula is C11H15N3O2S2. The Morgan fingerprint density at radius 3 is 2.39 bits per heavy atom. The summed E-state index contributed by atoms with van der Waals surface area (Å²) >= 11 is 3.39. The van der Waals surface area contributed by atoms with Crippen molar-refractivity contribution in [2.45, 2.75) is 31.1 Å². The highest BCUT2D eigenvalue weighted by atomic mass is 32.2. The Balaban J connectivity index is 1.84. The van der Waals surface area contributed by atoms with E-state index in [0.717, 1.165) is 28.5 Å². The van der Waals surface area contributed by atoms with Crippen LogP contribution in [0.5, 0.6) is 0 Å². The van der Waals surface area contributed by atoms with Gasteiger partial charge in [0, 0.05) is 11.3 Å². The Labute approximate surface area is 114 Å². The summed E-state index contributed by atoms with van der Waals surface area (Å²) in [5.41, 5.74) is 2.11.